The summed E-state index contributed by atoms with van der Waals surface area (Å²) in [6, 6.07) is 17.0. The number of imidazole rings is 1. The summed E-state index contributed by atoms with van der Waals surface area (Å²) >= 11 is 1.56. The number of thiophene rings is 1. The summed E-state index contributed by atoms with van der Waals surface area (Å²) in [7, 11) is 0. The largest absolute Gasteiger partial charge is 0.366 e. The monoisotopic (exact) mass is 513 g/mol. The molecule has 0 spiro atoms. The van der Waals surface area contributed by atoms with Crippen LogP contribution in [-0.4, -0.2) is 27.0 Å². The van der Waals surface area contributed by atoms with Crippen molar-refractivity contribution in [2.75, 3.05) is 0 Å². The maximum Gasteiger partial charge on any atom is 0.249 e. The van der Waals surface area contributed by atoms with Gasteiger partial charge in [0.15, 0.2) is 11.6 Å². The Morgan fingerprint density at radius 1 is 1.05 bits per heavy atom. The molecule has 2 aromatic heterocycles. The molecule has 2 aromatic carbocycles. The summed E-state index contributed by atoms with van der Waals surface area (Å²) in [5, 5.41) is 0. The van der Waals surface area contributed by atoms with Gasteiger partial charge < -0.3 is 10.3 Å². The molecule has 0 bridgehead atoms. The lowest BCUT2D eigenvalue weighted by Crippen LogP contribution is -2.22. The lowest BCUT2D eigenvalue weighted by atomic mass is 9.82. The van der Waals surface area contributed by atoms with E-state index in [1.165, 1.54) is 0 Å². The molecule has 5 rings (SSSR count). The molecule has 2 N–H and O–H groups in total. The van der Waals surface area contributed by atoms with E-state index in [1.54, 1.807) is 23.5 Å². The molecular formula is C30H31N3O3S. The molecular weight excluding hydrogens is 482 g/mol. The van der Waals surface area contributed by atoms with Crippen molar-refractivity contribution in [3.05, 3.63) is 75.5 Å². The highest BCUT2D eigenvalue weighted by molar-refractivity contribution is 7.14. The van der Waals surface area contributed by atoms with Crippen LogP contribution in [0.25, 0.3) is 22.4 Å². The van der Waals surface area contributed by atoms with Crippen molar-refractivity contribution in [3.8, 4) is 11.4 Å². The number of primary amides is 1. The van der Waals surface area contributed by atoms with E-state index >= 15 is 0 Å². The predicted molar refractivity (Wildman–Crippen MR) is 147 cm³/mol. The number of hydrogen-bond donors (Lipinski definition) is 1. The molecule has 7 heteroatoms. The maximum absolute atomic E-state index is 13.0. The fourth-order valence-corrected chi connectivity index (χ4v) is 6.37. The Labute approximate surface area is 220 Å². The molecule has 4 aromatic rings. The quantitative estimate of drug-likeness (QED) is 0.263. The van der Waals surface area contributed by atoms with Crippen molar-refractivity contribution < 1.29 is 14.4 Å². The first-order valence-corrected chi connectivity index (χ1v) is 13.7. The van der Waals surface area contributed by atoms with Crippen LogP contribution in [0.3, 0.4) is 0 Å². The highest BCUT2D eigenvalue weighted by atomic mass is 32.1. The van der Waals surface area contributed by atoms with Crippen molar-refractivity contribution in [1.82, 2.24) is 9.55 Å². The van der Waals surface area contributed by atoms with Gasteiger partial charge in [-0.15, -0.1) is 11.3 Å². The molecule has 0 radical (unpaired) electrons. The SMILES string of the molecule is CCC(=O)c1ccc2c(c1)nc(-c1ccccc1C(N)=O)n2[C@H]1CCC[C@@H](CC(=O)c2ccc(C)s2)C1. The van der Waals surface area contributed by atoms with E-state index in [0.717, 1.165) is 46.5 Å². The average Bonchev–Trinajstić information content (AvgIpc) is 3.51. The van der Waals surface area contributed by atoms with Crippen LogP contribution in [0.2, 0.25) is 0 Å². The molecule has 6 nitrogen and oxygen atoms in total. The number of rotatable bonds is 8. The number of Topliss-reactive ketones (excluding diaryl/α,β-unsaturated/α-hetero) is 2. The van der Waals surface area contributed by atoms with Gasteiger partial charge in [0.1, 0.15) is 5.82 Å². The molecule has 37 heavy (non-hydrogen) atoms. The zero-order chi connectivity index (χ0) is 26.1. The molecule has 0 unspecified atom stereocenters. The third kappa shape index (κ3) is 5.01. The average molecular weight is 514 g/mol. The van der Waals surface area contributed by atoms with Crippen LogP contribution >= 0.6 is 11.3 Å². The second kappa shape index (κ2) is 10.4. The Hall–Kier alpha value is -3.58. The van der Waals surface area contributed by atoms with Gasteiger partial charge in [-0.1, -0.05) is 31.5 Å². The summed E-state index contributed by atoms with van der Waals surface area (Å²) < 4.78 is 2.21. The third-order valence-corrected chi connectivity index (χ3v) is 8.42. The van der Waals surface area contributed by atoms with Crippen molar-refractivity contribution in [2.45, 2.75) is 58.4 Å². The Balaban J connectivity index is 1.56. The van der Waals surface area contributed by atoms with Crippen LogP contribution in [0, 0.1) is 12.8 Å². The van der Waals surface area contributed by atoms with Crippen LogP contribution in [-0.2, 0) is 0 Å². The van der Waals surface area contributed by atoms with Crippen LogP contribution in [0.5, 0.6) is 0 Å². The fraction of sp³-hybridized carbons (Fsp3) is 0.333. The molecule has 1 aliphatic carbocycles. The predicted octanol–water partition coefficient (Wildman–Crippen LogP) is 6.77. The number of amides is 1. The van der Waals surface area contributed by atoms with Crippen molar-refractivity contribution >= 4 is 39.8 Å². The van der Waals surface area contributed by atoms with Gasteiger partial charge in [-0.3, -0.25) is 14.4 Å². The Morgan fingerprint density at radius 3 is 2.59 bits per heavy atom. The molecule has 1 amide bonds. The van der Waals surface area contributed by atoms with E-state index in [4.69, 9.17) is 10.7 Å². The minimum Gasteiger partial charge on any atom is -0.366 e. The molecule has 2 heterocycles. The van der Waals surface area contributed by atoms with E-state index < -0.39 is 5.91 Å². The van der Waals surface area contributed by atoms with Gasteiger partial charge in [-0.25, -0.2) is 4.98 Å². The highest BCUT2D eigenvalue weighted by Crippen LogP contribution is 2.40. The van der Waals surface area contributed by atoms with E-state index in [2.05, 4.69) is 4.57 Å². The number of hydrogen-bond acceptors (Lipinski definition) is 5. The number of aromatic nitrogens is 2. The van der Waals surface area contributed by atoms with E-state index in [-0.39, 0.29) is 23.5 Å². The molecule has 0 aliphatic heterocycles. The number of carbonyl (C=O) groups excluding carboxylic acids is 3. The third-order valence-electron chi connectivity index (χ3n) is 7.38. The van der Waals surface area contributed by atoms with E-state index in [0.29, 0.717) is 35.4 Å². The smallest absolute Gasteiger partial charge is 0.249 e. The van der Waals surface area contributed by atoms with Gasteiger partial charge in [0, 0.05) is 34.9 Å². The first-order valence-electron chi connectivity index (χ1n) is 12.9. The van der Waals surface area contributed by atoms with Crippen LogP contribution in [0.15, 0.2) is 54.6 Å². The van der Waals surface area contributed by atoms with Gasteiger partial charge >= 0.3 is 0 Å². The first kappa shape index (κ1) is 25.1. The Bertz CT molecular complexity index is 1500. The number of benzene rings is 2. The lowest BCUT2D eigenvalue weighted by molar-refractivity contribution is 0.0943. The number of ketones is 2. The molecule has 2 atom stereocenters. The molecule has 1 aliphatic rings. The van der Waals surface area contributed by atoms with Gasteiger partial charge in [0.25, 0.3) is 0 Å². The van der Waals surface area contributed by atoms with E-state index in [9.17, 15) is 14.4 Å². The number of carbonyl (C=O) groups is 3. The molecule has 190 valence electrons. The summed E-state index contributed by atoms with van der Waals surface area (Å²) in [4.78, 5) is 44.6. The van der Waals surface area contributed by atoms with Gasteiger partial charge in [-0.05, 0) is 68.5 Å². The number of nitrogens with two attached hydrogens (primary N) is 1. The molecule has 0 saturated heterocycles. The topological polar surface area (TPSA) is 95.1 Å². The zero-order valence-corrected chi connectivity index (χ0v) is 22.0. The number of fused-ring (bicyclic) bond motifs is 1. The summed E-state index contributed by atoms with van der Waals surface area (Å²) in [5.41, 5.74) is 9.11. The normalized spacial score (nSPS) is 17.7. The summed E-state index contributed by atoms with van der Waals surface area (Å²) in [6.45, 7) is 3.87. The zero-order valence-electron chi connectivity index (χ0n) is 21.2. The fourth-order valence-electron chi connectivity index (χ4n) is 5.56. The van der Waals surface area contributed by atoms with Gasteiger partial charge in [-0.2, -0.15) is 0 Å². The number of aryl methyl sites for hydroxylation is 1. The first-order chi connectivity index (χ1) is 17.9. The van der Waals surface area contributed by atoms with Crippen molar-refractivity contribution in [2.24, 2.45) is 11.7 Å². The highest BCUT2D eigenvalue weighted by Gasteiger charge is 2.30. The van der Waals surface area contributed by atoms with Crippen LogP contribution in [0.1, 0.15) is 86.8 Å². The summed E-state index contributed by atoms with van der Waals surface area (Å²) in [6.07, 6.45) is 4.78. The van der Waals surface area contributed by atoms with Crippen LogP contribution < -0.4 is 5.73 Å². The number of nitrogens with zero attached hydrogens (tertiary/aromatic N) is 2. The van der Waals surface area contributed by atoms with Crippen molar-refractivity contribution in [1.29, 1.82) is 0 Å². The van der Waals surface area contributed by atoms with Crippen molar-refractivity contribution in [3.63, 3.8) is 0 Å². The second-order valence-electron chi connectivity index (χ2n) is 9.92. The molecule has 1 fully saturated rings. The van der Waals surface area contributed by atoms with Crippen LogP contribution in [0.4, 0.5) is 0 Å². The minimum atomic E-state index is -0.505. The minimum absolute atomic E-state index is 0.0654. The second-order valence-corrected chi connectivity index (χ2v) is 11.2. The maximum atomic E-state index is 13.0. The van der Waals surface area contributed by atoms with Gasteiger partial charge in [0.05, 0.1) is 21.5 Å². The standard InChI is InChI=1S/C30H31N3O3S/c1-3-26(34)20-12-13-25-24(17-20)32-30(23-10-5-4-9-22(23)29(31)36)33(25)21-8-6-7-19(15-21)16-27(35)28-14-11-18(2)37-28/h4-5,9-14,17,19,21H,3,6-8,15-16H2,1-2H3,(H2,31,36)/t19-,21+/m1/s1. The van der Waals surface area contributed by atoms with Gasteiger partial charge in [0.2, 0.25) is 5.91 Å². The Morgan fingerprint density at radius 2 is 1.86 bits per heavy atom. The molecule has 1 saturated carbocycles. The summed E-state index contributed by atoms with van der Waals surface area (Å²) in [5.74, 6) is 0.717. The lowest BCUT2D eigenvalue weighted by Gasteiger charge is -2.31. The Kier molecular flexibility index (Phi) is 7.07. The van der Waals surface area contributed by atoms with E-state index in [1.807, 2.05) is 56.3 Å².